The van der Waals surface area contributed by atoms with Gasteiger partial charge in [-0.1, -0.05) is 19.1 Å². The number of carbonyl (C=O) groups excluding carboxylic acids is 2. The first-order valence-corrected chi connectivity index (χ1v) is 7.45. The predicted octanol–water partition coefficient (Wildman–Crippen LogP) is 1.33. The molecule has 1 fully saturated rings. The molecule has 3 rings (SSSR count). The fourth-order valence-corrected chi connectivity index (χ4v) is 2.84. The van der Waals surface area contributed by atoms with Crippen LogP contribution in [0.3, 0.4) is 0 Å². The number of carbonyl (C=O) groups is 2. The van der Waals surface area contributed by atoms with Gasteiger partial charge in [-0.3, -0.25) is 24.3 Å². The van der Waals surface area contributed by atoms with E-state index < -0.39 is 11.9 Å². The molecule has 2 amide bonds. The fraction of sp³-hybridized carbons (Fsp3) is 0.375. The minimum Gasteiger partial charge on any atom is -0.295 e. The van der Waals surface area contributed by atoms with Gasteiger partial charge >= 0.3 is 0 Å². The zero-order valence-electron chi connectivity index (χ0n) is 12.3. The van der Waals surface area contributed by atoms with E-state index in [0.717, 1.165) is 6.42 Å². The number of piperidine rings is 1. The van der Waals surface area contributed by atoms with Gasteiger partial charge in [0, 0.05) is 12.8 Å². The van der Waals surface area contributed by atoms with Crippen LogP contribution in [0, 0.1) is 0 Å². The van der Waals surface area contributed by atoms with Crippen LogP contribution in [0.1, 0.15) is 38.1 Å². The van der Waals surface area contributed by atoms with Crippen LogP contribution in [0.25, 0.3) is 10.9 Å². The van der Waals surface area contributed by atoms with Crippen molar-refractivity contribution in [3.8, 4) is 0 Å². The number of hydrogen-bond acceptors (Lipinski definition) is 4. The van der Waals surface area contributed by atoms with Gasteiger partial charge in [-0.25, -0.2) is 4.98 Å². The maximum Gasteiger partial charge on any atom is 0.262 e. The van der Waals surface area contributed by atoms with Crippen molar-refractivity contribution in [1.82, 2.24) is 14.9 Å². The minimum absolute atomic E-state index is 0.219. The van der Waals surface area contributed by atoms with Crippen LogP contribution in [0.15, 0.2) is 29.1 Å². The smallest absolute Gasteiger partial charge is 0.262 e. The SMILES string of the molecule is CCCc1nc2ccccc2c(=O)n1C1CCC(=O)NC1=O. The van der Waals surface area contributed by atoms with Crippen LogP contribution >= 0.6 is 0 Å². The molecule has 0 aliphatic carbocycles. The zero-order chi connectivity index (χ0) is 15.7. The highest BCUT2D eigenvalue weighted by atomic mass is 16.2. The highest BCUT2D eigenvalue weighted by Gasteiger charge is 2.30. The number of para-hydroxylation sites is 1. The molecule has 114 valence electrons. The third kappa shape index (κ3) is 2.41. The molecular formula is C16H17N3O3. The lowest BCUT2D eigenvalue weighted by atomic mass is 10.0. The standard InChI is InChI=1S/C16H17N3O3/c1-2-5-13-17-11-7-4-3-6-10(11)16(22)19(13)12-8-9-14(20)18-15(12)21/h3-4,6-7,12H,2,5,8-9H2,1H3,(H,18,20,21). The maximum absolute atomic E-state index is 12.8. The Bertz CT molecular complexity index is 810. The Morgan fingerprint density at radius 3 is 2.77 bits per heavy atom. The molecule has 1 N–H and O–H groups in total. The summed E-state index contributed by atoms with van der Waals surface area (Å²) >= 11 is 0. The molecule has 0 saturated carbocycles. The molecule has 2 aromatic rings. The molecule has 2 heterocycles. The summed E-state index contributed by atoms with van der Waals surface area (Å²) in [6.07, 6.45) is 2.00. The molecule has 1 unspecified atom stereocenters. The third-order valence-electron chi connectivity index (χ3n) is 3.88. The van der Waals surface area contributed by atoms with Crippen molar-refractivity contribution in [3.05, 3.63) is 40.4 Å². The first-order valence-electron chi connectivity index (χ1n) is 7.45. The molecule has 1 aliphatic rings. The Kier molecular flexibility index (Phi) is 3.75. The van der Waals surface area contributed by atoms with E-state index in [1.54, 1.807) is 18.2 Å². The highest BCUT2D eigenvalue weighted by Crippen LogP contribution is 2.20. The number of fused-ring (bicyclic) bond motifs is 1. The second-order valence-corrected chi connectivity index (χ2v) is 5.44. The molecule has 1 aromatic heterocycles. The van der Waals surface area contributed by atoms with Gasteiger partial charge < -0.3 is 0 Å². The number of nitrogens with zero attached hydrogens (tertiary/aromatic N) is 2. The number of amides is 2. The van der Waals surface area contributed by atoms with E-state index in [2.05, 4.69) is 10.3 Å². The van der Waals surface area contributed by atoms with Gasteiger partial charge in [-0.15, -0.1) is 0 Å². The first kappa shape index (κ1) is 14.4. The Hall–Kier alpha value is -2.50. The normalized spacial score (nSPS) is 18.5. The maximum atomic E-state index is 12.8. The van der Waals surface area contributed by atoms with Crippen LogP contribution < -0.4 is 10.9 Å². The number of aryl methyl sites for hydroxylation is 1. The minimum atomic E-state index is -0.663. The largest absolute Gasteiger partial charge is 0.295 e. The molecule has 1 saturated heterocycles. The van der Waals surface area contributed by atoms with Gasteiger partial charge in [-0.05, 0) is 25.0 Å². The molecule has 0 spiro atoms. The Morgan fingerprint density at radius 1 is 1.27 bits per heavy atom. The monoisotopic (exact) mass is 299 g/mol. The van der Waals surface area contributed by atoms with Crippen molar-refractivity contribution >= 4 is 22.7 Å². The quantitative estimate of drug-likeness (QED) is 0.867. The van der Waals surface area contributed by atoms with Crippen molar-refractivity contribution in [3.63, 3.8) is 0 Å². The van der Waals surface area contributed by atoms with Gasteiger partial charge in [0.15, 0.2) is 0 Å². The molecule has 1 aliphatic heterocycles. The molecule has 1 atom stereocenters. The Morgan fingerprint density at radius 2 is 2.05 bits per heavy atom. The Labute approximate surface area is 127 Å². The molecular weight excluding hydrogens is 282 g/mol. The molecule has 0 radical (unpaired) electrons. The lowest BCUT2D eigenvalue weighted by molar-refractivity contribution is -0.135. The van der Waals surface area contributed by atoms with Crippen LogP contribution in [0.5, 0.6) is 0 Å². The van der Waals surface area contributed by atoms with Crippen LogP contribution in [0.2, 0.25) is 0 Å². The summed E-state index contributed by atoms with van der Waals surface area (Å²) < 4.78 is 1.47. The van der Waals surface area contributed by atoms with E-state index in [0.29, 0.717) is 29.6 Å². The van der Waals surface area contributed by atoms with E-state index in [1.807, 2.05) is 13.0 Å². The van der Waals surface area contributed by atoms with Crippen molar-refractivity contribution < 1.29 is 9.59 Å². The second kappa shape index (κ2) is 5.71. The van der Waals surface area contributed by atoms with Crippen LogP contribution in [-0.4, -0.2) is 21.4 Å². The number of benzene rings is 1. The van der Waals surface area contributed by atoms with Gasteiger partial charge in [0.2, 0.25) is 11.8 Å². The number of aromatic nitrogens is 2. The summed E-state index contributed by atoms with van der Waals surface area (Å²) in [6, 6.07) is 6.46. The second-order valence-electron chi connectivity index (χ2n) is 5.44. The average Bonchev–Trinajstić information content (AvgIpc) is 2.49. The lowest BCUT2D eigenvalue weighted by Gasteiger charge is -2.25. The van der Waals surface area contributed by atoms with Crippen molar-refractivity contribution in [2.24, 2.45) is 0 Å². The van der Waals surface area contributed by atoms with E-state index in [4.69, 9.17) is 0 Å². The third-order valence-corrected chi connectivity index (χ3v) is 3.88. The fourth-order valence-electron chi connectivity index (χ4n) is 2.84. The lowest BCUT2D eigenvalue weighted by Crippen LogP contribution is -2.45. The molecule has 1 aromatic carbocycles. The summed E-state index contributed by atoms with van der Waals surface area (Å²) in [7, 11) is 0. The number of nitrogens with one attached hydrogen (secondary N) is 1. The highest BCUT2D eigenvalue weighted by molar-refractivity contribution is 5.99. The van der Waals surface area contributed by atoms with Gasteiger partial charge in [-0.2, -0.15) is 0 Å². The molecule has 6 nitrogen and oxygen atoms in total. The number of hydrogen-bond donors (Lipinski definition) is 1. The van der Waals surface area contributed by atoms with Crippen LogP contribution in [0.4, 0.5) is 0 Å². The molecule has 6 heteroatoms. The molecule has 22 heavy (non-hydrogen) atoms. The van der Waals surface area contributed by atoms with Crippen molar-refractivity contribution in [2.75, 3.05) is 0 Å². The van der Waals surface area contributed by atoms with E-state index >= 15 is 0 Å². The van der Waals surface area contributed by atoms with E-state index in [1.165, 1.54) is 4.57 Å². The van der Waals surface area contributed by atoms with Gasteiger partial charge in [0.05, 0.1) is 10.9 Å². The average molecular weight is 299 g/mol. The van der Waals surface area contributed by atoms with Crippen LogP contribution in [-0.2, 0) is 16.0 Å². The number of imide groups is 1. The molecule has 0 bridgehead atoms. The predicted molar refractivity (Wildman–Crippen MR) is 81.4 cm³/mol. The topological polar surface area (TPSA) is 81.1 Å². The van der Waals surface area contributed by atoms with Gasteiger partial charge in [0.1, 0.15) is 11.9 Å². The van der Waals surface area contributed by atoms with E-state index in [-0.39, 0.29) is 17.9 Å². The zero-order valence-corrected chi connectivity index (χ0v) is 12.3. The summed E-state index contributed by atoms with van der Waals surface area (Å²) in [5, 5.41) is 2.80. The van der Waals surface area contributed by atoms with Crippen molar-refractivity contribution in [2.45, 2.75) is 38.6 Å². The van der Waals surface area contributed by atoms with Crippen molar-refractivity contribution in [1.29, 1.82) is 0 Å². The summed E-state index contributed by atoms with van der Waals surface area (Å²) in [5.41, 5.74) is 0.419. The first-order chi connectivity index (χ1) is 10.6. The van der Waals surface area contributed by atoms with E-state index in [9.17, 15) is 14.4 Å². The summed E-state index contributed by atoms with van der Waals surface area (Å²) in [6.45, 7) is 2.00. The Balaban J connectivity index is 2.20. The summed E-state index contributed by atoms with van der Waals surface area (Å²) in [5.74, 6) is -0.117. The van der Waals surface area contributed by atoms with Gasteiger partial charge in [0.25, 0.3) is 5.56 Å². The summed E-state index contributed by atoms with van der Waals surface area (Å²) in [4.78, 5) is 40.8. The number of rotatable bonds is 3.